The van der Waals surface area contributed by atoms with Gasteiger partial charge in [-0.15, -0.1) is 0 Å². The minimum absolute atomic E-state index is 0. The van der Waals surface area contributed by atoms with E-state index in [2.05, 4.69) is 122 Å². The van der Waals surface area contributed by atoms with Crippen LogP contribution in [0.4, 0.5) is 0 Å². The summed E-state index contributed by atoms with van der Waals surface area (Å²) >= 11 is 0. The summed E-state index contributed by atoms with van der Waals surface area (Å²) in [5.41, 5.74) is 5.36. The average molecular weight is 2560 g/mol. The van der Waals surface area contributed by atoms with Crippen molar-refractivity contribution >= 4 is 110 Å². The molecular weight excluding hydrogens is 2460 g/mol. The van der Waals surface area contributed by atoms with E-state index < -0.39 is 380 Å². The molecule has 0 bridgehead atoms. The van der Waals surface area contributed by atoms with E-state index in [9.17, 15) is 199 Å². The van der Waals surface area contributed by atoms with Crippen molar-refractivity contribution in [2.45, 2.75) is 111 Å². The first-order valence-corrected chi connectivity index (χ1v) is 57.1. The molecule has 18 N–H and O–H groups in total. The number of rotatable bonds is 89. The van der Waals surface area contributed by atoms with Gasteiger partial charge in [0.1, 0.15) is 85.5 Å². The normalized spacial score (nSPS) is 20.1. The first-order chi connectivity index (χ1) is 61.3. The molecule has 0 aliphatic heterocycles. The Labute approximate surface area is 1130 Å². The number of aliphatic hydroxyl groups excluding tert-OH is 15. The van der Waals surface area contributed by atoms with Crippen molar-refractivity contribution in [3.63, 3.8) is 0 Å². The van der Waals surface area contributed by atoms with Gasteiger partial charge in [-0.3, -0.25) is 68.4 Å². The van der Waals surface area contributed by atoms with Gasteiger partial charge in [-0.25, -0.2) is 4.57 Å². The Bertz CT molecular complexity index is 3900. The van der Waals surface area contributed by atoms with Gasteiger partial charge in [-0.2, -0.15) is 0 Å². The SMILES string of the molecule is NCCCCCCOP(=O)(O)OC[C@H](O)COP(=O)([O-])OC[C@H](O)COP(=O)([O-])OC[C@H](O)COP(=O)([O-])OC[C@H](O)COP(=O)([O-])OC[C@H](O)COP(=O)([O-])OC[C@H](O)COP(=O)([O-])OC[C@H](O)COP(=O)([O-])OC[C@H](O)COP(=O)([O-])OC[C@H](O)COP(=O)([O-])OC[C@H](O)COP(=O)([O-])OC[C@H](O)COP(=O)([O-])OC[C@H](O)COP(=O)([O-])OC[C@H](O)COP(=O)([O-])OC[C@H](O)CO.[Na+].[Na+].[Na+].[Na+].[Na+].[Na+].[Na+].[Na+].[Na+].[Na+].[Na+].[Na+].[Na+]. The molecule has 0 aromatic carbocycles. The van der Waals surface area contributed by atoms with Crippen molar-refractivity contribution in [3.8, 4) is 0 Å². The Morgan fingerprint density at radius 3 is 0.361 bits per heavy atom. The van der Waals surface area contributed by atoms with E-state index in [0.29, 0.717) is 19.4 Å². The van der Waals surface area contributed by atoms with Gasteiger partial charge in [0.15, 0.2) is 0 Å². The van der Waals surface area contributed by atoms with Crippen LogP contribution < -0.4 is 454 Å². The van der Waals surface area contributed by atoms with Crippen molar-refractivity contribution in [3.05, 3.63) is 0 Å². The van der Waals surface area contributed by atoms with Gasteiger partial charge in [0.2, 0.25) is 0 Å². The summed E-state index contributed by atoms with van der Waals surface area (Å²) < 4.78 is 289. The van der Waals surface area contributed by atoms with E-state index in [1.54, 1.807) is 0 Å². The Balaban J connectivity index is -0.00000113. The smallest absolute Gasteiger partial charge is 0.756 e. The van der Waals surface area contributed by atoms with Crippen LogP contribution in [0.1, 0.15) is 25.7 Å². The van der Waals surface area contributed by atoms with Crippen LogP contribution in [0.2, 0.25) is 0 Å². The van der Waals surface area contributed by atoms with Gasteiger partial charge < -0.3 is 268 Å². The summed E-state index contributed by atoms with van der Waals surface area (Å²) in [6, 6.07) is 0. The number of phosphoric acid groups is 14. The number of hydrogen-bond donors (Lipinski definition) is 17. The molecule has 0 aromatic heterocycles. The Kier molecular flexibility index (Phi) is 128. The largest absolute Gasteiger partial charge is 1.00 e. The second kappa shape index (κ2) is 99.0. The zero-order valence-electron chi connectivity index (χ0n) is 81.6. The summed E-state index contributed by atoms with van der Waals surface area (Å²) in [5, 5.41) is 146. The first-order valence-electron chi connectivity index (χ1n) is 36.6. The quantitative estimate of drug-likeness (QED) is 0.0153. The third kappa shape index (κ3) is 114. The molecule has 147 heavy (non-hydrogen) atoms. The fraction of sp³-hybridized carbons (Fsp3) is 1.00. The van der Waals surface area contributed by atoms with Crippen molar-refractivity contribution in [2.75, 3.05) is 198 Å². The van der Waals surface area contributed by atoms with E-state index >= 15 is 0 Å². The topological polar surface area (TPSA) is 1150 Å². The van der Waals surface area contributed by atoms with Crippen LogP contribution in [-0.2, 0) is 191 Å². The maximum Gasteiger partial charge on any atom is 1.00 e. The van der Waals surface area contributed by atoms with Crippen LogP contribution >= 0.6 is 110 Å². The molecule has 0 saturated heterocycles. The minimum atomic E-state index is -5.61. The van der Waals surface area contributed by atoms with E-state index in [4.69, 9.17) is 20.5 Å². The van der Waals surface area contributed by atoms with E-state index in [-0.39, 0.29) is 391 Å². The summed E-state index contributed by atoms with van der Waals surface area (Å²) in [5.74, 6) is 0. The molecule has 0 spiro atoms. The van der Waals surface area contributed by atoms with Crippen molar-refractivity contribution in [1.82, 2.24) is 0 Å². The first kappa shape index (κ1) is 191. The number of hydrogen-bond acceptors (Lipinski definition) is 71. The summed E-state index contributed by atoms with van der Waals surface area (Å²) in [7, 11) is -76.2. The predicted octanol–water partition coefficient (Wildman–Crippen LogP) is -53.7. The van der Waals surface area contributed by atoms with E-state index in [1.807, 2.05) is 0 Å². The average Bonchev–Trinajstić information content (AvgIpc) is 0.906. The molecule has 28 atom stereocenters. The maximum absolute atomic E-state index is 12.1. The molecular formula is C48H100NNa13O71P14. The van der Waals surface area contributed by atoms with Gasteiger partial charge >= 0.3 is 392 Å². The molecule has 0 aromatic rings. The Hall–Kier alpha value is 13.9. The monoisotopic (exact) mass is 2560 g/mol. The fourth-order valence-corrected chi connectivity index (χ4v) is 17.8. The molecule has 0 aliphatic rings. The summed E-state index contributed by atoms with van der Waals surface area (Å²) in [6.45, 7) is -35.5. The van der Waals surface area contributed by atoms with Crippen LogP contribution in [0.15, 0.2) is 0 Å². The van der Waals surface area contributed by atoms with Gasteiger partial charge in [0, 0.05) is 0 Å². The zero-order chi connectivity index (χ0) is 103. The third-order valence-corrected chi connectivity index (χ3v) is 26.1. The van der Waals surface area contributed by atoms with E-state index in [0.717, 1.165) is 12.8 Å². The Morgan fingerprint density at radius 2 is 0.259 bits per heavy atom. The van der Waals surface area contributed by atoms with Gasteiger partial charge in [-0.05, 0) is 19.4 Å². The van der Waals surface area contributed by atoms with Gasteiger partial charge in [-0.1, -0.05) is 12.8 Å². The molecule has 806 valence electrons. The van der Waals surface area contributed by atoms with Crippen molar-refractivity contribution in [1.29, 1.82) is 0 Å². The zero-order valence-corrected chi connectivity index (χ0v) is 120. The number of phosphoric ester groups is 14. The molecule has 0 rings (SSSR count). The van der Waals surface area contributed by atoms with Crippen LogP contribution in [0.5, 0.6) is 0 Å². The molecule has 0 aliphatic carbocycles. The fourth-order valence-electron chi connectivity index (χ4n) is 6.77. The van der Waals surface area contributed by atoms with Crippen molar-refractivity contribution < 1.29 is 720 Å². The van der Waals surface area contributed by atoms with Crippen LogP contribution in [-0.4, -0.2) is 365 Å². The maximum atomic E-state index is 12.1. The number of nitrogens with two attached hydrogens (primary N) is 1. The molecule has 0 radical (unpaired) electrons. The molecule has 0 amide bonds. The van der Waals surface area contributed by atoms with Crippen LogP contribution in [0, 0.1) is 0 Å². The van der Waals surface area contributed by atoms with Crippen LogP contribution in [0.25, 0.3) is 0 Å². The molecule has 14 unspecified atom stereocenters. The number of aliphatic hydroxyl groups is 15. The minimum Gasteiger partial charge on any atom is -0.756 e. The second-order valence-corrected chi connectivity index (χ2v) is 45.4. The third-order valence-electron chi connectivity index (χ3n) is 13.0. The molecule has 0 fully saturated rings. The summed E-state index contributed by atoms with van der Waals surface area (Å²) in [4.78, 5) is 166. The Morgan fingerprint density at radius 1 is 0.163 bits per heavy atom. The van der Waals surface area contributed by atoms with Gasteiger partial charge in [0.25, 0.3) is 102 Å². The van der Waals surface area contributed by atoms with E-state index in [1.165, 1.54) is 0 Å². The molecule has 0 heterocycles. The molecule has 99 heteroatoms. The summed E-state index contributed by atoms with van der Waals surface area (Å²) in [6.07, 6.45) is -26.7. The second-order valence-electron chi connectivity index (χ2n) is 25.6. The predicted molar refractivity (Wildman–Crippen MR) is 394 cm³/mol. The van der Waals surface area contributed by atoms with Crippen molar-refractivity contribution in [2.24, 2.45) is 5.73 Å². The molecule has 0 saturated carbocycles. The number of unbranched alkanes of at least 4 members (excludes halogenated alkanes) is 3. The molecule has 72 nitrogen and oxygen atoms in total. The van der Waals surface area contributed by atoms with Crippen LogP contribution in [0.3, 0.4) is 0 Å². The standard InChI is InChI=1S/C48H113NO71P14.13Na/c49-5-3-1-2-4-6-93-121(65,66)95-9-36(52)10-97-123(69,70)99-13-38(54)14-101-125(73,74)103-17-40(56)18-105-127(77,78)107-21-42(58)22-109-129(81,82)111-25-44(60)26-113-131(85,86)115-29-46(62)30-117-133(89,90)119-33-48(64)34-120-134(91,92)118-32-47(63)31-116-132(87,88)114-28-45(61)27-112-130(83,84)110-24-43(59)23-108-128(79,80)106-20-41(57)19-104-126(75,76)102-16-39(55)15-100-124(71,72)98-12-37(53)11-96-122(67,68)94-8-35(51)7-50;;;;;;;;;;;;;/h35-48,50-64H,1-34,49H2,(H,65,66)(H,67,68)(H,69,70)(H,71,72)(H,73,74)(H,75,76)(H,77,78)(H,79,80)(H,81,82)(H,83,84)(H,85,86)(H,87,88)(H,89,90)(H,91,92);;;;;;;;;;;;;/q;13*+1/p-13/t35-,36+,37-,38+,39-,40+,41-,42+,43-,44+,45-,46+,47-,48+;;;;;;;;;;;;;/m1............./s1. The van der Waals surface area contributed by atoms with Gasteiger partial charge in [0.05, 0.1) is 192 Å².